The summed E-state index contributed by atoms with van der Waals surface area (Å²) in [6.45, 7) is 4.97. The topological polar surface area (TPSA) is 49.8 Å². The molecule has 5 heteroatoms. The molecule has 0 bridgehead atoms. The minimum absolute atomic E-state index is 0.0413. The summed E-state index contributed by atoms with van der Waals surface area (Å²) in [5.74, 6) is -0.214. The lowest BCUT2D eigenvalue weighted by Gasteiger charge is -2.20. The fraction of sp³-hybridized carbons (Fsp3) is 0.308. The van der Waals surface area contributed by atoms with E-state index in [9.17, 15) is 9.90 Å². The Labute approximate surface area is 111 Å². The van der Waals surface area contributed by atoms with Gasteiger partial charge in [-0.2, -0.15) is 0 Å². The van der Waals surface area contributed by atoms with Crippen molar-refractivity contribution >= 4 is 17.5 Å². The molecular weight excluding hydrogens is 254 g/mol. The number of ether oxygens (including phenoxy) is 1. The number of phenolic OH excluding ortho intramolecular Hbond substituents is 1. The summed E-state index contributed by atoms with van der Waals surface area (Å²) < 4.78 is 4.95. The first-order valence-corrected chi connectivity index (χ1v) is 5.85. The van der Waals surface area contributed by atoms with Crippen LogP contribution in [0.5, 0.6) is 5.75 Å². The Morgan fingerprint density at radius 3 is 2.89 bits per heavy atom. The molecule has 0 saturated carbocycles. The number of nitrogens with zero attached hydrogens (tertiary/aromatic N) is 1. The van der Waals surface area contributed by atoms with Gasteiger partial charge in [0.05, 0.1) is 11.6 Å². The SMILES string of the molecule is C=CCN(CCOC)C(=O)c1ccc(O)c(Cl)c1. The van der Waals surface area contributed by atoms with Crippen LogP contribution in [-0.2, 0) is 4.74 Å². The van der Waals surface area contributed by atoms with Gasteiger partial charge in [-0.05, 0) is 18.2 Å². The lowest BCUT2D eigenvalue weighted by Crippen LogP contribution is -2.34. The van der Waals surface area contributed by atoms with Gasteiger partial charge in [0.1, 0.15) is 5.75 Å². The van der Waals surface area contributed by atoms with Crippen LogP contribution in [0.25, 0.3) is 0 Å². The Bertz CT molecular complexity index is 434. The molecule has 0 aliphatic rings. The van der Waals surface area contributed by atoms with Crippen molar-refractivity contribution in [1.82, 2.24) is 4.90 Å². The van der Waals surface area contributed by atoms with Crippen LogP contribution >= 0.6 is 11.6 Å². The van der Waals surface area contributed by atoms with Crippen molar-refractivity contribution in [3.63, 3.8) is 0 Å². The second-order valence-electron chi connectivity index (χ2n) is 3.70. The molecule has 0 fully saturated rings. The molecule has 1 N–H and O–H groups in total. The summed E-state index contributed by atoms with van der Waals surface area (Å²) in [7, 11) is 1.58. The predicted molar refractivity (Wildman–Crippen MR) is 71.1 cm³/mol. The number of benzene rings is 1. The first-order chi connectivity index (χ1) is 8.60. The first kappa shape index (κ1) is 14.5. The number of hydrogen-bond acceptors (Lipinski definition) is 3. The maximum absolute atomic E-state index is 12.2. The van der Waals surface area contributed by atoms with E-state index in [-0.39, 0.29) is 16.7 Å². The number of carbonyl (C=O) groups excluding carboxylic acids is 1. The van der Waals surface area contributed by atoms with E-state index in [0.717, 1.165) is 0 Å². The van der Waals surface area contributed by atoms with E-state index in [0.29, 0.717) is 25.3 Å². The minimum Gasteiger partial charge on any atom is -0.506 e. The molecule has 0 aromatic heterocycles. The standard InChI is InChI=1S/C13H16ClNO3/c1-3-6-15(7-8-18-2)13(17)10-4-5-12(16)11(14)9-10/h3-5,9,16H,1,6-8H2,2H3. The number of phenols is 1. The maximum Gasteiger partial charge on any atom is 0.254 e. The molecule has 0 spiro atoms. The molecule has 0 radical (unpaired) electrons. The normalized spacial score (nSPS) is 10.1. The number of halogens is 1. The molecule has 4 nitrogen and oxygen atoms in total. The molecule has 0 atom stereocenters. The zero-order chi connectivity index (χ0) is 13.5. The summed E-state index contributed by atoms with van der Waals surface area (Å²) in [5, 5.41) is 9.47. The van der Waals surface area contributed by atoms with Crippen molar-refractivity contribution in [3.05, 3.63) is 41.4 Å². The lowest BCUT2D eigenvalue weighted by atomic mass is 10.2. The summed E-state index contributed by atoms with van der Waals surface area (Å²) >= 11 is 5.78. The average molecular weight is 270 g/mol. The van der Waals surface area contributed by atoms with Crippen molar-refractivity contribution < 1.29 is 14.6 Å². The maximum atomic E-state index is 12.2. The number of aromatic hydroxyl groups is 1. The fourth-order valence-electron chi connectivity index (χ4n) is 1.46. The minimum atomic E-state index is -0.172. The largest absolute Gasteiger partial charge is 0.506 e. The highest BCUT2D eigenvalue weighted by Gasteiger charge is 2.15. The third-order valence-electron chi connectivity index (χ3n) is 2.40. The van der Waals surface area contributed by atoms with Crippen molar-refractivity contribution in [2.24, 2.45) is 0 Å². The van der Waals surface area contributed by atoms with Crippen molar-refractivity contribution in [3.8, 4) is 5.75 Å². The van der Waals surface area contributed by atoms with Gasteiger partial charge in [0.25, 0.3) is 5.91 Å². The highest BCUT2D eigenvalue weighted by atomic mass is 35.5. The molecule has 1 rings (SSSR count). The summed E-state index contributed by atoms with van der Waals surface area (Å²) in [6, 6.07) is 4.38. The Balaban J connectivity index is 2.86. The van der Waals surface area contributed by atoms with E-state index in [1.54, 1.807) is 18.1 Å². The zero-order valence-electron chi connectivity index (χ0n) is 10.2. The lowest BCUT2D eigenvalue weighted by molar-refractivity contribution is 0.0718. The van der Waals surface area contributed by atoms with Crippen molar-refractivity contribution in [2.75, 3.05) is 26.8 Å². The van der Waals surface area contributed by atoms with Gasteiger partial charge < -0.3 is 14.7 Å². The average Bonchev–Trinajstić information content (AvgIpc) is 2.37. The monoisotopic (exact) mass is 269 g/mol. The quantitative estimate of drug-likeness (QED) is 0.807. The van der Waals surface area contributed by atoms with E-state index in [1.165, 1.54) is 18.2 Å². The number of methoxy groups -OCH3 is 1. The first-order valence-electron chi connectivity index (χ1n) is 5.47. The number of rotatable bonds is 6. The van der Waals surface area contributed by atoms with Gasteiger partial charge in [0.2, 0.25) is 0 Å². The fourth-order valence-corrected chi connectivity index (χ4v) is 1.64. The van der Waals surface area contributed by atoms with Crippen LogP contribution in [0.4, 0.5) is 0 Å². The summed E-state index contributed by atoms with van der Waals surface area (Å²) in [4.78, 5) is 13.8. The Kier molecular flexibility index (Phi) is 5.68. The van der Waals surface area contributed by atoms with E-state index < -0.39 is 0 Å². The second kappa shape index (κ2) is 7.03. The molecule has 1 aromatic rings. The van der Waals surface area contributed by atoms with E-state index >= 15 is 0 Å². The Morgan fingerprint density at radius 1 is 1.61 bits per heavy atom. The van der Waals surface area contributed by atoms with Crippen molar-refractivity contribution in [2.45, 2.75) is 0 Å². The zero-order valence-corrected chi connectivity index (χ0v) is 11.0. The molecule has 1 amide bonds. The molecule has 98 valence electrons. The molecule has 0 unspecified atom stereocenters. The summed E-state index contributed by atoms with van der Waals surface area (Å²) in [6.07, 6.45) is 1.65. The molecule has 1 aromatic carbocycles. The van der Waals surface area contributed by atoms with E-state index in [4.69, 9.17) is 16.3 Å². The molecular formula is C13H16ClNO3. The van der Waals surface area contributed by atoms with Crippen LogP contribution in [-0.4, -0.2) is 42.7 Å². The van der Waals surface area contributed by atoms with Crippen LogP contribution in [0.3, 0.4) is 0 Å². The van der Waals surface area contributed by atoms with Gasteiger partial charge in [0, 0.05) is 25.8 Å². The van der Waals surface area contributed by atoms with Crippen LogP contribution < -0.4 is 0 Å². The van der Waals surface area contributed by atoms with Gasteiger partial charge in [0.15, 0.2) is 0 Å². The highest BCUT2D eigenvalue weighted by molar-refractivity contribution is 6.32. The highest BCUT2D eigenvalue weighted by Crippen LogP contribution is 2.24. The van der Waals surface area contributed by atoms with Crippen molar-refractivity contribution in [1.29, 1.82) is 0 Å². The molecule has 0 aliphatic carbocycles. The number of hydrogen-bond donors (Lipinski definition) is 1. The number of amides is 1. The van der Waals surface area contributed by atoms with Crippen LogP contribution in [0.15, 0.2) is 30.9 Å². The van der Waals surface area contributed by atoms with Gasteiger partial charge >= 0.3 is 0 Å². The third-order valence-corrected chi connectivity index (χ3v) is 2.70. The molecule has 0 aliphatic heterocycles. The molecule has 0 saturated heterocycles. The van der Waals surface area contributed by atoms with Gasteiger partial charge in [-0.3, -0.25) is 4.79 Å². The smallest absolute Gasteiger partial charge is 0.254 e. The van der Waals surface area contributed by atoms with Crippen LogP contribution in [0, 0.1) is 0 Å². The van der Waals surface area contributed by atoms with Gasteiger partial charge in [-0.15, -0.1) is 6.58 Å². The molecule has 18 heavy (non-hydrogen) atoms. The van der Waals surface area contributed by atoms with E-state index in [2.05, 4.69) is 6.58 Å². The molecule has 0 heterocycles. The Morgan fingerprint density at radius 2 is 2.33 bits per heavy atom. The van der Waals surface area contributed by atoms with Crippen LogP contribution in [0.1, 0.15) is 10.4 Å². The predicted octanol–water partition coefficient (Wildman–Crippen LogP) is 2.32. The van der Waals surface area contributed by atoms with Gasteiger partial charge in [-0.1, -0.05) is 17.7 Å². The third kappa shape index (κ3) is 3.75. The van der Waals surface area contributed by atoms with Crippen LogP contribution in [0.2, 0.25) is 5.02 Å². The van der Waals surface area contributed by atoms with Gasteiger partial charge in [-0.25, -0.2) is 0 Å². The second-order valence-corrected chi connectivity index (χ2v) is 4.11. The summed E-state index contributed by atoms with van der Waals surface area (Å²) in [5.41, 5.74) is 0.427. The van der Waals surface area contributed by atoms with E-state index in [1.807, 2.05) is 0 Å². The Hall–Kier alpha value is -1.52. The number of carbonyl (C=O) groups is 1.